The highest BCUT2D eigenvalue weighted by Crippen LogP contribution is 2.19. The van der Waals surface area contributed by atoms with E-state index in [1.54, 1.807) is 7.05 Å². The second-order valence-corrected chi connectivity index (χ2v) is 6.46. The molecule has 1 unspecified atom stereocenters. The molecule has 2 rings (SSSR count). The first-order valence-corrected chi connectivity index (χ1v) is 8.28. The summed E-state index contributed by atoms with van der Waals surface area (Å²) in [5.41, 5.74) is 2.90. The number of amides is 2. The number of likely N-dealkylation sites (N-methyl/N-ethyl adjacent to an activating group) is 1. The van der Waals surface area contributed by atoms with E-state index in [0.717, 1.165) is 42.7 Å². The number of nitrogens with one attached hydrogen (secondary N) is 2. The fraction of sp³-hybridized carbons (Fsp3) is 0.556. The van der Waals surface area contributed by atoms with Crippen molar-refractivity contribution in [3.8, 4) is 0 Å². The van der Waals surface area contributed by atoms with Crippen LogP contribution in [0.1, 0.15) is 30.4 Å². The molecule has 1 heterocycles. The summed E-state index contributed by atoms with van der Waals surface area (Å²) in [6.07, 6.45) is 2.55. The number of carbonyl (C=O) groups excluding carboxylic acids is 2. The summed E-state index contributed by atoms with van der Waals surface area (Å²) in [5.74, 6) is 0.477. The van der Waals surface area contributed by atoms with Gasteiger partial charge in [0.15, 0.2) is 0 Å². The largest absolute Gasteiger partial charge is 0.336 e. The van der Waals surface area contributed by atoms with Crippen molar-refractivity contribution in [2.24, 2.45) is 5.92 Å². The summed E-state index contributed by atoms with van der Waals surface area (Å²) in [7, 11) is 1.69. The Balaban J connectivity index is 1.80. The Morgan fingerprint density at radius 1 is 1.30 bits per heavy atom. The van der Waals surface area contributed by atoms with Crippen LogP contribution < -0.4 is 10.6 Å². The van der Waals surface area contributed by atoms with E-state index in [0.29, 0.717) is 12.3 Å². The second kappa shape index (κ2) is 8.11. The average molecular weight is 317 g/mol. The van der Waals surface area contributed by atoms with Gasteiger partial charge in [-0.1, -0.05) is 18.2 Å². The molecule has 1 aliphatic heterocycles. The van der Waals surface area contributed by atoms with Gasteiger partial charge in [0.1, 0.15) is 0 Å². The van der Waals surface area contributed by atoms with Crippen molar-refractivity contribution in [1.29, 1.82) is 0 Å². The van der Waals surface area contributed by atoms with Gasteiger partial charge in [0, 0.05) is 19.2 Å². The molecule has 0 spiro atoms. The molecule has 0 aromatic heterocycles. The fourth-order valence-electron chi connectivity index (χ4n) is 2.97. The standard InChI is InChI=1S/C18H27N3O2/c1-13-5-4-6-14(2)18(13)20-16(22)12-21(3)17(23)8-7-15-9-10-19-11-15/h4-6,15,19H,7-12H2,1-3H3,(H,20,22). The van der Waals surface area contributed by atoms with Crippen LogP contribution in [0.5, 0.6) is 0 Å². The first kappa shape index (κ1) is 17.5. The summed E-state index contributed by atoms with van der Waals surface area (Å²) in [6.45, 7) is 6.08. The Hall–Kier alpha value is -1.88. The van der Waals surface area contributed by atoms with E-state index < -0.39 is 0 Å². The van der Waals surface area contributed by atoms with Crippen LogP contribution in [0.4, 0.5) is 5.69 Å². The molecule has 126 valence electrons. The van der Waals surface area contributed by atoms with Gasteiger partial charge in [-0.05, 0) is 56.8 Å². The number of hydrogen-bond donors (Lipinski definition) is 2. The normalized spacial score (nSPS) is 17.1. The lowest BCUT2D eigenvalue weighted by Gasteiger charge is -2.19. The quantitative estimate of drug-likeness (QED) is 0.844. The van der Waals surface area contributed by atoms with E-state index in [2.05, 4.69) is 10.6 Å². The maximum atomic E-state index is 12.2. The Morgan fingerprint density at radius 3 is 2.61 bits per heavy atom. The number of anilines is 1. The predicted molar refractivity (Wildman–Crippen MR) is 92.4 cm³/mol. The Kier molecular flexibility index (Phi) is 6.16. The number of hydrogen-bond acceptors (Lipinski definition) is 3. The van der Waals surface area contributed by atoms with Gasteiger partial charge in [0.25, 0.3) is 0 Å². The number of aryl methyl sites for hydroxylation is 2. The van der Waals surface area contributed by atoms with Crippen molar-refractivity contribution < 1.29 is 9.59 Å². The molecule has 1 aromatic rings. The molecule has 2 N–H and O–H groups in total. The van der Waals surface area contributed by atoms with E-state index in [1.165, 1.54) is 4.90 Å². The molecule has 0 bridgehead atoms. The van der Waals surface area contributed by atoms with Crippen molar-refractivity contribution >= 4 is 17.5 Å². The van der Waals surface area contributed by atoms with E-state index >= 15 is 0 Å². The highest BCUT2D eigenvalue weighted by atomic mass is 16.2. The molecule has 1 atom stereocenters. The zero-order chi connectivity index (χ0) is 16.8. The Labute approximate surface area is 138 Å². The van der Waals surface area contributed by atoms with Gasteiger partial charge in [0.2, 0.25) is 11.8 Å². The number of para-hydroxylation sites is 1. The fourth-order valence-corrected chi connectivity index (χ4v) is 2.97. The van der Waals surface area contributed by atoms with Gasteiger partial charge in [-0.3, -0.25) is 9.59 Å². The van der Waals surface area contributed by atoms with E-state index in [-0.39, 0.29) is 18.4 Å². The van der Waals surface area contributed by atoms with E-state index in [1.807, 2.05) is 32.0 Å². The van der Waals surface area contributed by atoms with Crippen LogP contribution in [-0.2, 0) is 9.59 Å². The summed E-state index contributed by atoms with van der Waals surface area (Å²) >= 11 is 0. The molecule has 0 saturated carbocycles. The summed E-state index contributed by atoms with van der Waals surface area (Å²) in [4.78, 5) is 25.8. The molecular weight excluding hydrogens is 290 g/mol. The van der Waals surface area contributed by atoms with Gasteiger partial charge < -0.3 is 15.5 Å². The maximum absolute atomic E-state index is 12.2. The van der Waals surface area contributed by atoms with Gasteiger partial charge in [0.05, 0.1) is 6.54 Å². The summed E-state index contributed by atoms with van der Waals surface area (Å²) in [6, 6.07) is 5.90. The van der Waals surface area contributed by atoms with Gasteiger partial charge in [-0.2, -0.15) is 0 Å². The van der Waals surface area contributed by atoms with Crippen molar-refractivity contribution in [2.45, 2.75) is 33.1 Å². The highest BCUT2D eigenvalue weighted by molar-refractivity contribution is 5.95. The lowest BCUT2D eigenvalue weighted by molar-refractivity contribution is -0.133. The Morgan fingerprint density at radius 2 is 2.00 bits per heavy atom. The third-order valence-corrected chi connectivity index (χ3v) is 4.48. The van der Waals surface area contributed by atoms with Crippen molar-refractivity contribution in [1.82, 2.24) is 10.2 Å². The van der Waals surface area contributed by atoms with Crippen LogP contribution >= 0.6 is 0 Å². The zero-order valence-corrected chi connectivity index (χ0v) is 14.3. The van der Waals surface area contributed by atoms with Crippen molar-refractivity contribution in [2.75, 3.05) is 32.0 Å². The molecule has 5 nitrogen and oxygen atoms in total. The number of nitrogens with zero attached hydrogens (tertiary/aromatic N) is 1. The number of carbonyl (C=O) groups is 2. The lowest BCUT2D eigenvalue weighted by Crippen LogP contribution is -2.35. The smallest absolute Gasteiger partial charge is 0.243 e. The first-order chi connectivity index (χ1) is 11.0. The number of benzene rings is 1. The van der Waals surface area contributed by atoms with Crippen molar-refractivity contribution in [3.05, 3.63) is 29.3 Å². The van der Waals surface area contributed by atoms with Gasteiger partial charge in [-0.25, -0.2) is 0 Å². The highest BCUT2D eigenvalue weighted by Gasteiger charge is 2.18. The van der Waals surface area contributed by atoms with Crippen LogP contribution in [0.2, 0.25) is 0 Å². The van der Waals surface area contributed by atoms with Gasteiger partial charge in [-0.15, -0.1) is 0 Å². The SMILES string of the molecule is Cc1cccc(C)c1NC(=O)CN(C)C(=O)CCC1CCNC1. The average Bonchev–Trinajstić information content (AvgIpc) is 3.02. The molecule has 0 radical (unpaired) electrons. The molecule has 1 aliphatic rings. The van der Waals surface area contributed by atoms with E-state index in [9.17, 15) is 9.59 Å². The summed E-state index contributed by atoms with van der Waals surface area (Å²) < 4.78 is 0. The molecule has 23 heavy (non-hydrogen) atoms. The monoisotopic (exact) mass is 317 g/mol. The molecule has 1 fully saturated rings. The minimum atomic E-state index is -0.152. The van der Waals surface area contributed by atoms with E-state index in [4.69, 9.17) is 0 Å². The minimum absolute atomic E-state index is 0.0357. The predicted octanol–water partition coefficient (Wildman–Crippen LogP) is 2.09. The third-order valence-electron chi connectivity index (χ3n) is 4.48. The van der Waals surface area contributed by atoms with Crippen LogP contribution in [0.15, 0.2) is 18.2 Å². The topological polar surface area (TPSA) is 61.4 Å². The Bertz CT molecular complexity index is 545. The molecular formula is C18H27N3O2. The number of rotatable bonds is 6. The minimum Gasteiger partial charge on any atom is -0.336 e. The first-order valence-electron chi connectivity index (χ1n) is 8.28. The molecule has 5 heteroatoms. The summed E-state index contributed by atoms with van der Waals surface area (Å²) in [5, 5.41) is 6.22. The van der Waals surface area contributed by atoms with Crippen LogP contribution in [-0.4, -0.2) is 43.4 Å². The second-order valence-electron chi connectivity index (χ2n) is 6.46. The van der Waals surface area contributed by atoms with Crippen LogP contribution in [0, 0.1) is 19.8 Å². The van der Waals surface area contributed by atoms with Crippen LogP contribution in [0.25, 0.3) is 0 Å². The molecule has 0 aliphatic carbocycles. The maximum Gasteiger partial charge on any atom is 0.243 e. The third kappa shape index (κ3) is 5.06. The van der Waals surface area contributed by atoms with Crippen molar-refractivity contribution in [3.63, 3.8) is 0 Å². The van der Waals surface area contributed by atoms with Crippen LogP contribution in [0.3, 0.4) is 0 Å². The zero-order valence-electron chi connectivity index (χ0n) is 14.3. The molecule has 2 amide bonds. The lowest BCUT2D eigenvalue weighted by atomic mass is 10.0. The van der Waals surface area contributed by atoms with Gasteiger partial charge >= 0.3 is 0 Å². The molecule has 1 saturated heterocycles. The molecule has 1 aromatic carbocycles.